The molecule has 8 nitrogen and oxygen atoms in total. The fraction of sp³-hybridized carbons (Fsp3) is 0.211. The molecule has 158 valence electrons. The number of halogens is 2. The summed E-state index contributed by atoms with van der Waals surface area (Å²) in [5.41, 5.74) is 1.34. The van der Waals surface area contributed by atoms with Gasteiger partial charge in [-0.05, 0) is 42.5 Å². The van der Waals surface area contributed by atoms with Gasteiger partial charge in [0.15, 0.2) is 9.84 Å². The molecule has 1 aromatic heterocycles. The molecule has 0 saturated carbocycles. The van der Waals surface area contributed by atoms with Gasteiger partial charge in [-0.3, -0.25) is 9.59 Å². The second-order valence-corrected chi connectivity index (χ2v) is 8.60. The third kappa shape index (κ3) is 6.08. The first-order chi connectivity index (χ1) is 14.2. The van der Waals surface area contributed by atoms with Crippen molar-refractivity contribution in [1.82, 2.24) is 15.3 Å². The third-order valence-electron chi connectivity index (χ3n) is 4.01. The van der Waals surface area contributed by atoms with E-state index in [1.807, 2.05) is 0 Å². The number of rotatable bonds is 8. The molecule has 0 atom stereocenters. The van der Waals surface area contributed by atoms with E-state index in [1.165, 1.54) is 30.3 Å². The summed E-state index contributed by atoms with van der Waals surface area (Å²) in [6.45, 7) is 0.110. The number of nitrogens with one attached hydrogen (secondary N) is 3. The molecule has 0 fully saturated rings. The standard InChI is InChI=1S/C19H18F2N4O4S/c20-12-1-4-14(5-2-12)23-19(27)11-30(28,29)10-18(26)22-8-7-17-24-15-6-3-13(21)9-16(15)25-17/h1-6,9H,7-8,10-11H2,(H,22,26)(H,23,27)(H,24,25). The summed E-state index contributed by atoms with van der Waals surface area (Å²) >= 11 is 0. The van der Waals surface area contributed by atoms with Crippen LogP contribution in [0.3, 0.4) is 0 Å². The normalized spacial score (nSPS) is 11.4. The Labute approximate surface area is 170 Å². The highest BCUT2D eigenvalue weighted by molar-refractivity contribution is 7.92. The van der Waals surface area contributed by atoms with Crippen LogP contribution in [-0.4, -0.2) is 48.3 Å². The molecule has 1 heterocycles. The second-order valence-electron chi connectivity index (χ2n) is 6.53. The lowest BCUT2D eigenvalue weighted by molar-refractivity contribution is -0.118. The van der Waals surface area contributed by atoms with Crippen LogP contribution in [-0.2, 0) is 25.8 Å². The molecule has 0 spiro atoms. The molecule has 0 aliphatic rings. The number of anilines is 1. The van der Waals surface area contributed by atoms with Crippen molar-refractivity contribution in [3.63, 3.8) is 0 Å². The summed E-state index contributed by atoms with van der Waals surface area (Å²) in [6, 6.07) is 8.93. The molecule has 3 rings (SSSR count). The zero-order valence-electron chi connectivity index (χ0n) is 15.6. The second kappa shape index (κ2) is 8.99. The van der Waals surface area contributed by atoms with Crippen LogP contribution in [0.2, 0.25) is 0 Å². The zero-order valence-corrected chi connectivity index (χ0v) is 16.4. The molecular weight excluding hydrogens is 418 g/mol. The first kappa shape index (κ1) is 21.4. The van der Waals surface area contributed by atoms with Gasteiger partial charge in [-0.1, -0.05) is 0 Å². The number of fused-ring (bicyclic) bond motifs is 1. The number of aromatic nitrogens is 2. The van der Waals surface area contributed by atoms with Gasteiger partial charge in [0.05, 0.1) is 11.0 Å². The molecule has 0 saturated heterocycles. The average molecular weight is 436 g/mol. The summed E-state index contributed by atoms with van der Waals surface area (Å²) in [5.74, 6) is -3.71. The van der Waals surface area contributed by atoms with Gasteiger partial charge in [0.25, 0.3) is 0 Å². The fourth-order valence-electron chi connectivity index (χ4n) is 2.71. The molecule has 3 N–H and O–H groups in total. The predicted octanol–water partition coefficient (Wildman–Crippen LogP) is 1.55. The van der Waals surface area contributed by atoms with Crippen molar-refractivity contribution in [2.45, 2.75) is 6.42 Å². The summed E-state index contributed by atoms with van der Waals surface area (Å²) in [5, 5.41) is 4.77. The van der Waals surface area contributed by atoms with Crippen molar-refractivity contribution in [3.05, 3.63) is 59.9 Å². The Morgan fingerprint density at radius 3 is 2.37 bits per heavy atom. The maximum atomic E-state index is 13.2. The number of H-pyrrole nitrogens is 1. The van der Waals surface area contributed by atoms with E-state index in [4.69, 9.17) is 0 Å². The lowest BCUT2D eigenvalue weighted by atomic mass is 10.3. The van der Waals surface area contributed by atoms with Crippen LogP contribution in [0.5, 0.6) is 0 Å². The van der Waals surface area contributed by atoms with Crippen LogP contribution in [0.1, 0.15) is 5.82 Å². The predicted molar refractivity (Wildman–Crippen MR) is 106 cm³/mol. The number of sulfone groups is 1. The topological polar surface area (TPSA) is 121 Å². The highest BCUT2D eigenvalue weighted by atomic mass is 32.2. The summed E-state index contributed by atoms with van der Waals surface area (Å²) in [4.78, 5) is 30.9. The van der Waals surface area contributed by atoms with Crippen LogP contribution in [0, 0.1) is 11.6 Å². The maximum Gasteiger partial charge on any atom is 0.239 e. The van der Waals surface area contributed by atoms with Crippen molar-refractivity contribution >= 4 is 38.4 Å². The highest BCUT2D eigenvalue weighted by Gasteiger charge is 2.21. The maximum absolute atomic E-state index is 13.2. The number of carbonyl (C=O) groups excluding carboxylic acids is 2. The van der Waals surface area contributed by atoms with E-state index in [0.29, 0.717) is 16.9 Å². The Bertz CT molecular complexity index is 1180. The number of benzene rings is 2. The molecular formula is C19H18F2N4O4S. The Balaban J connectivity index is 1.45. The molecule has 0 bridgehead atoms. The van der Waals surface area contributed by atoms with Crippen molar-refractivity contribution in [1.29, 1.82) is 0 Å². The molecule has 0 aliphatic heterocycles. The average Bonchev–Trinajstić information content (AvgIpc) is 3.04. The Hall–Kier alpha value is -3.34. The third-order valence-corrected chi connectivity index (χ3v) is 5.41. The van der Waals surface area contributed by atoms with E-state index in [-0.39, 0.29) is 18.7 Å². The largest absolute Gasteiger partial charge is 0.355 e. The van der Waals surface area contributed by atoms with E-state index in [9.17, 15) is 26.8 Å². The molecule has 30 heavy (non-hydrogen) atoms. The molecule has 3 aromatic rings. The van der Waals surface area contributed by atoms with Gasteiger partial charge in [-0.25, -0.2) is 22.2 Å². The molecule has 2 amide bonds. The molecule has 2 aromatic carbocycles. The number of aromatic amines is 1. The van der Waals surface area contributed by atoms with Gasteiger partial charge in [0.1, 0.15) is 29.0 Å². The van der Waals surface area contributed by atoms with Crippen molar-refractivity contribution < 1.29 is 26.8 Å². The fourth-order valence-corrected chi connectivity index (χ4v) is 3.78. The number of nitrogens with zero attached hydrogens (tertiary/aromatic N) is 1. The smallest absolute Gasteiger partial charge is 0.239 e. The minimum atomic E-state index is -3.99. The Kier molecular flexibility index (Phi) is 6.40. The van der Waals surface area contributed by atoms with Crippen LogP contribution in [0.4, 0.5) is 14.5 Å². The van der Waals surface area contributed by atoms with Gasteiger partial charge >= 0.3 is 0 Å². The minimum Gasteiger partial charge on any atom is -0.355 e. The van der Waals surface area contributed by atoms with E-state index >= 15 is 0 Å². The number of amides is 2. The SMILES string of the molecule is O=C(CS(=O)(=O)CC(=O)Nc1ccc(F)cc1)NCCc1nc2ccc(F)cc2[nH]1. The first-order valence-corrected chi connectivity index (χ1v) is 10.7. The quantitative estimate of drug-likeness (QED) is 0.495. The molecule has 0 radical (unpaired) electrons. The van der Waals surface area contributed by atoms with Crippen molar-refractivity contribution in [2.75, 3.05) is 23.4 Å². The van der Waals surface area contributed by atoms with Crippen molar-refractivity contribution in [3.8, 4) is 0 Å². The zero-order chi connectivity index (χ0) is 21.7. The number of hydrogen-bond donors (Lipinski definition) is 3. The van der Waals surface area contributed by atoms with Gasteiger partial charge in [-0.15, -0.1) is 0 Å². The number of carbonyl (C=O) groups is 2. The lowest BCUT2D eigenvalue weighted by Gasteiger charge is -2.07. The summed E-state index contributed by atoms with van der Waals surface area (Å²) in [7, 11) is -3.99. The lowest BCUT2D eigenvalue weighted by Crippen LogP contribution is -2.35. The number of hydrogen-bond acceptors (Lipinski definition) is 5. The monoisotopic (exact) mass is 436 g/mol. The van der Waals surface area contributed by atoms with Crippen molar-refractivity contribution in [2.24, 2.45) is 0 Å². The van der Waals surface area contributed by atoms with E-state index in [2.05, 4.69) is 20.6 Å². The summed E-state index contributed by atoms with van der Waals surface area (Å²) in [6.07, 6.45) is 0.285. The first-order valence-electron chi connectivity index (χ1n) is 8.87. The van der Waals surface area contributed by atoms with Crippen LogP contribution in [0.15, 0.2) is 42.5 Å². The molecule has 0 aliphatic carbocycles. The molecule has 11 heteroatoms. The van der Waals surface area contributed by atoms with E-state index < -0.39 is 44.8 Å². The van der Waals surface area contributed by atoms with E-state index in [0.717, 1.165) is 12.1 Å². The minimum absolute atomic E-state index is 0.110. The molecule has 0 unspecified atom stereocenters. The highest BCUT2D eigenvalue weighted by Crippen LogP contribution is 2.13. The van der Waals surface area contributed by atoms with E-state index in [1.54, 1.807) is 0 Å². The van der Waals surface area contributed by atoms with Gasteiger partial charge in [0.2, 0.25) is 11.8 Å². The van der Waals surface area contributed by atoms with Crippen LogP contribution in [0.25, 0.3) is 11.0 Å². The van der Waals surface area contributed by atoms with Crippen LogP contribution < -0.4 is 10.6 Å². The van der Waals surface area contributed by atoms with Gasteiger partial charge in [0, 0.05) is 18.7 Å². The van der Waals surface area contributed by atoms with Crippen LogP contribution >= 0.6 is 0 Å². The van der Waals surface area contributed by atoms with Gasteiger partial charge in [-0.2, -0.15) is 0 Å². The Morgan fingerprint density at radius 1 is 0.967 bits per heavy atom. The Morgan fingerprint density at radius 2 is 1.63 bits per heavy atom. The number of imidazole rings is 1. The van der Waals surface area contributed by atoms with Gasteiger partial charge < -0.3 is 15.6 Å². The summed E-state index contributed by atoms with van der Waals surface area (Å²) < 4.78 is 50.1.